The van der Waals surface area contributed by atoms with Gasteiger partial charge in [-0.15, -0.1) is 11.3 Å². The average molecular weight is 266 g/mol. The average Bonchev–Trinajstić information content (AvgIpc) is 2.71. The molecule has 0 saturated heterocycles. The number of thiophene rings is 1. The van der Waals surface area contributed by atoms with Crippen molar-refractivity contribution in [2.24, 2.45) is 0 Å². The van der Waals surface area contributed by atoms with Crippen molar-refractivity contribution in [1.82, 2.24) is 5.32 Å². The molecule has 0 fully saturated rings. The van der Waals surface area contributed by atoms with Crippen molar-refractivity contribution >= 4 is 22.9 Å². The van der Waals surface area contributed by atoms with Crippen LogP contribution in [0.2, 0.25) is 5.02 Å². The third-order valence-electron chi connectivity index (χ3n) is 3.05. The van der Waals surface area contributed by atoms with Gasteiger partial charge < -0.3 is 5.32 Å². The topological polar surface area (TPSA) is 12.0 Å². The number of nitrogens with one attached hydrogen (secondary N) is 1. The zero-order valence-electron chi connectivity index (χ0n) is 10.3. The Morgan fingerprint density at radius 1 is 1.18 bits per heavy atom. The van der Waals surface area contributed by atoms with Crippen LogP contribution >= 0.6 is 22.9 Å². The Bertz CT molecular complexity index is 519. The van der Waals surface area contributed by atoms with Gasteiger partial charge in [0.2, 0.25) is 0 Å². The summed E-state index contributed by atoms with van der Waals surface area (Å²) in [4.78, 5) is 1.35. The van der Waals surface area contributed by atoms with Crippen molar-refractivity contribution in [2.75, 3.05) is 7.05 Å². The highest BCUT2D eigenvalue weighted by Gasteiger charge is 2.17. The van der Waals surface area contributed by atoms with Gasteiger partial charge in [0.1, 0.15) is 0 Å². The molecule has 0 bridgehead atoms. The Balaban J connectivity index is 2.49. The van der Waals surface area contributed by atoms with Crippen LogP contribution in [0.3, 0.4) is 0 Å². The molecule has 0 aliphatic heterocycles. The summed E-state index contributed by atoms with van der Waals surface area (Å²) in [5, 5.41) is 6.30. The van der Waals surface area contributed by atoms with E-state index < -0.39 is 0 Å². The molecule has 2 rings (SSSR count). The van der Waals surface area contributed by atoms with Crippen LogP contribution in [0.4, 0.5) is 0 Å². The van der Waals surface area contributed by atoms with E-state index in [0.717, 1.165) is 5.02 Å². The summed E-state index contributed by atoms with van der Waals surface area (Å²) in [6.07, 6.45) is 0. The summed E-state index contributed by atoms with van der Waals surface area (Å²) in [6.45, 7) is 4.28. The maximum absolute atomic E-state index is 6.09. The van der Waals surface area contributed by atoms with Crippen LogP contribution < -0.4 is 5.32 Å². The lowest BCUT2D eigenvalue weighted by Crippen LogP contribution is -2.18. The minimum Gasteiger partial charge on any atom is -0.309 e. The SMILES string of the molecule is CNC(c1cc(Cl)ccc1C)c1ccsc1C. The summed E-state index contributed by atoms with van der Waals surface area (Å²) >= 11 is 7.87. The molecule has 17 heavy (non-hydrogen) atoms. The monoisotopic (exact) mass is 265 g/mol. The molecule has 90 valence electrons. The van der Waals surface area contributed by atoms with Gasteiger partial charge in [-0.2, -0.15) is 0 Å². The molecular weight excluding hydrogens is 250 g/mol. The third-order valence-corrected chi connectivity index (χ3v) is 4.15. The Hall–Kier alpha value is -0.830. The number of benzene rings is 1. The van der Waals surface area contributed by atoms with Crippen LogP contribution in [-0.2, 0) is 0 Å². The minimum atomic E-state index is 0.222. The second-order valence-electron chi connectivity index (χ2n) is 4.15. The fraction of sp³-hybridized carbons (Fsp3) is 0.286. The van der Waals surface area contributed by atoms with E-state index in [4.69, 9.17) is 11.6 Å². The summed E-state index contributed by atoms with van der Waals surface area (Å²) in [5.41, 5.74) is 3.85. The molecule has 1 aromatic carbocycles. The number of aryl methyl sites for hydroxylation is 2. The van der Waals surface area contributed by atoms with E-state index in [1.165, 1.54) is 21.6 Å². The third kappa shape index (κ3) is 2.54. The van der Waals surface area contributed by atoms with E-state index >= 15 is 0 Å². The van der Waals surface area contributed by atoms with Crippen molar-refractivity contribution in [3.05, 3.63) is 56.2 Å². The van der Waals surface area contributed by atoms with E-state index in [-0.39, 0.29) is 6.04 Å². The Morgan fingerprint density at radius 2 is 1.94 bits per heavy atom. The zero-order chi connectivity index (χ0) is 12.4. The highest BCUT2D eigenvalue weighted by molar-refractivity contribution is 7.10. The van der Waals surface area contributed by atoms with Gasteiger partial charge in [-0.25, -0.2) is 0 Å². The quantitative estimate of drug-likeness (QED) is 0.871. The van der Waals surface area contributed by atoms with Crippen LogP contribution in [0.5, 0.6) is 0 Å². The van der Waals surface area contributed by atoms with Crippen molar-refractivity contribution in [1.29, 1.82) is 0 Å². The van der Waals surface area contributed by atoms with Crippen LogP contribution in [0.15, 0.2) is 29.6 Å². The molecule has 1 nitrogen and oxygen atoms in total. The zero-order valence-corrected chi connectivity index (χ0v) is 11.8. The first kappa shape index (κ1) is 12.6. The molecule has 0 aliphatic carbocycles. The summed E-state index contributed by atoms with van der Waals surface area (Å²) in [6, 6.07) is 8.47. The first-order valence-corrected chi connectivity index (χ1v) is 6.86. The van der Waals surface area contributed by atoms with Gasteiger partial charge in [0, 0.05) is 9.90 Å². The van der Waals surface area contributed by atoms with Crippen molar-refractivity contribution in [3.8, 4) is 0 Å². The molecule has 2 aromatic rings. The highest BCUT2D eigenvalue weighted by Crippen LogP contribution is 2.31. The van der Waals surface area contributed by atoms with Gasteiger partial charge >= 0.3 is 0 Å². The lowest BCUT2D eigenvalue weighted by atomic mass is 9.96. The van der Waals surface area contributed by atoms with Gasteiger partial charge in [0.05, 0.1) is 6.04 Å². The van der Waals surface area contributed by atoms with Gasteiger partial charge in [0.15, 0.2) is 0 Å². The Kier molecular flexibility index (Phi) is 3.87. The number of hydrogen-bond acceptors (Lipinski definition) is 2. The molecule has 0 saturated carbocycles. The van der Waals surface area contributed by atoms with Crippen LogP contribution in [0, 0.1) is 13.8 Å². The number of hydrogen-bond donors (Lipinski definition) is 1. The van der Waals surface area contributed by atoms with Crippen LogP contribution in [0.25, 0.3) is 0 Å². The molecule has 0 radical (unpaired) electrons. The van der Waals surface area contributed by atoms with E-state index in [1.54, 1.807) is 11.3 Å². The maximum Gasteiger partial charge on any atom is 0.0588 e. The molecule has 0 amide bonds. The largest absolute Gasteiger partial charge is 0.309 e. The minimum absolute atomic E-state index is 0.222. The smallest absolute Gasteiger partial charge is 0.0588 e. The fourth-order valence-corrected chi connectivity index (χ4v) is 3.02. The molecule has 0 spiro atoms. The standard InChI is InChI=1S/C14H16ClNS/c1-9-4-5-11(15)8-13(9)14(16-3)12-6-7-17-10(12)2/h4-8,14,16H,1-3H3. The van der Waals surface area contributed by atoms with Crippen molar-refractivity contribution in [3.63, 3.8) is 0 Å². The van der Waals surface area contributed by atoms with Crippen LogP contribution in [0.1, 0.15) is 27.6 Å². The van der Waals surface area contributed by atoms with E-state index in [0.29, 0.717) is 0 Å². The van der Waals surface area contributed by atoms with Gasteiger partial charge in [0.25, 0.3) is 0 Å². The molecular formula is C14H16ClNS. The fourth-order valence-electron chi connectivity index (χ4n) is 2.10. The van der Waals surface area contributed by atoms with Crippen molar-refractivity contribution in [2.45, 2.75) is 19.9 Å². The molecule has 1 heterocycles. The molecule has 0 aliphatic rings. The first-order chi connectivity index (χ1) is 8.13. The summed E-state index contributed by atoms with van der Waals surface area (Å²) in [5.74, 6) is 0. The molecule has 1 unspecified atom stereocenters. The lowest BCUT2D eigenvalue weighted by molar-refractivity contribution is 0.687. The number of rotatable bonds is 3. The van der Waals surface area contributed by atoms with E-state index in [9.17, 15) is 0 Å². The Morgan fingerprint density at radius 3 is 2.53 bits per heavy atom. The predicted octanol–water partition coefficient (Wildman–Crippen LogP) is 4.33. The molecule has 1 N–H and O–H groups in total. The first-order valence-electron chi connectivity index (χ1n) is 5.60. The summed E-state index contributed by atoms with van der Waals surface area (Å²) in [7, 11) is 1.99. The lowest BCUT2D eigenvalue weighted by Gasteiger charge is -2.19. The molecule has 1 atom stereocenters. The number of halogens is 1. The normalized spacial score (nSPS) is 12.7. The second kappa shape index (κ2) is 5.21. The highest BCUT2D eigenvalue weighted by atomic mass is 35.5. The van der Waals surface area contributed by atoms with E-state index in [1.807, 2.05) is 13.1 Å². The second-order valence-corrected chi connectivity index (χ2v) is 5.71. The van der Waals surface area contributed by atoms with Gasteiger partial charge in [-0.05, 0) is 61.2 Å². The van der Waals surface area contributed by atoms with E-state index in [2.05, 4.69) is 42.7 Å². The van der Waals surface area contributed by atoms with Gasteiger partial charge in [-0.3, -0.25) is 0 Å². The van der Waals surface area contributed by atoms with Crippen LogP contribution in [-0.4, -0.2) is 7.05 Å². The predicted molar refractivity (Wildman–Crippen MR) is 76.1 cm³/mol. The Labute approximate surface area is 111 Å². The van der Waals surface area contributed by atoms with Crippen molar-refractivity contribution < 1.29 is 0 Å². The van der Waals surface area contributed by atoms with Gasteiger partial charge in [-0.1, -0.05) is 17.7 Å². The molecule has 1 aromatic heterocycles. The summed E-state index contributed by atoms with van der Waals surface area (Å²) < 4.78 is 0. The maximum atomic E-state index is 6.09. The molecule has 3 heteroatoms.